The maximum atomic E-state index is 3.95. The Labute approximate surface area is 74.0 Å². The zero-order valence-electron chi connectivity index (χ0n) is 7.96. The van der Waals surface area contributed by atoms with Crippen LogP contribution in [0, 0.1) is 5.41 Å². The summed E-state index contributed by atoms with van der Waals surface area (Å²) in [5.74, 6) is 0. The summed E-state index contributed by atoms with van der Waals surface area (Å²) in [6, 6.07) is 3.96. The molecule has 0 fully saturated rings. The number of hydrogen-bond acceptors (Lipinski definition) is 2. The molecule has 0 radical (unpaired) electrons. The Balaban J connectivity index is 2.44. The first kappa shape index (κ1) is 9.04. The van der Waals surface area contributed by atoms with E-state index in [1.165, 1.54) is 0 Å². The first-order valence-electron chi connectivity index (χ1n) is 4.22. The second-order valence-electron chi connectivity index (χ2n) is 4.15. The van der Waals surface area contributed by atoms with Crippen molar-refractivity contribution in [3.8, 4) is 0 Å². The summed E-state index contributed by atoms with van der Waals surface area (Å²) >= 11 is 0. The highest BCUT2D eigenvalue weighted by molar-refractivity contribution is 5.40. The van der Waals surface area contributed by atoms with Crippen molar-refractivity contribution in [2.75, 3.05) is 11.9 Å². The highest BCUT2D eigenvalue weighted by Crippen LogP contribution is 2.14. The van der Waals surface area contributed by atoms with E-state index in [4.69, 9.17) is 0 Å². The van der Waals surface area contributed by atoms with Crippen molar-refractivity contribution in [1.82, 2.24) is 4.98 Å². The third kappa shape index (κ3) is 3.37. The second-order valence-corrected chi connectivity index (χ2v) is 4.15. The van der Waals surface area contributed by atoms with Gasteiger partial charge in [-0.2, -0.15) is 0 Å². The van der Waals surface area contributed by atoms with Gasteiger partial charge < -0.3 is 5.32 Å². The van der Waals surface area contributed by atoms with E-state index in [9.17, 15) is 0 Å². The number of nitrogens with zero attached hydrogens (tertiary/aromatic N) is 1. The molecule has 0 aliphatic heterocycles. The topological polar surface area (TPSA) is 24.9 Å². The van der Waals surface area contributed by atoms with Gasteiger partial charge in [-0.05, 0) is 17.5 Å². The van der Waals surface area contributed by atoms with Gasteiger partial charge in [-0.25, -0.2) is 0 Å². The van der Waals surface area contributed by atoms with Crippen LogP contribution in [0.15, 0.2) is 24.5 Å². The van der Waals surface area contributed by atoms with E-state index in [2.05, 4.69) is 31.1 Å². The van der Waals surface area contributed by atoms with Crippen LogP contribution in [-0.2, 0) is 0 Å². The lowest BCUT2D eigenvalue weighted by atomic mass is 9.97. The summed E-state index contributed by atoms with van der Waals surface area (Å²) in [7, 11) is 0. The maximum Gasteiger partial charge on any atom is 0.0371 e. The molecule has 2 heteroatoms. The molecular weight excluding hydrogens is 148 g/mol. The minimum atomic E-state index is 0.323. The van der Waals surface area contributed by atoms with Gasteiger partial charge in [-0.3, -0.25) is 4.98 Å². The quantitative estimate of drug-likeness (QED) is 0.726. The first-order chi connectivity index (χ1) is 5.58. The molecule has 0 atom stereocenters. The van der Waals surface area contributed by atoms with Gasteiger partial charge in [0.05, 0.1) is 0 Å². The minimum absolute atomic E-state index is 0.323. The van der Waals surface area contributed by atoms with Crippen LogP contribution in [0.5, 0.6) is 0 Å². The number of anilines is 1. The Kier molecular flexibility index (Phi) is 2.69. The van der Waals surface area contributed by atoms with E-state index < -0.39 is 0 Å². The van der Waals surface area contributed by atoms with Gasteiger partial charge in [0.15, 0.2) is 0 Å². The standard InChI is InChI=1S/C10H16N2/c1-10(2,3)8-12-9-4-6-11-7-5-9/h4-7H,8H2,1-3H3,(H,11,12). The lowest BCUT2D eigenvalue weighted by Gasteiger charge is -2.19. The van der Waals surface area contributed by atoms with Crippen LogP contribution in [0.1, 0.15) is 20.8 Å². The molecule has 1 N–H and O–H groups in total. The fourth-order valence-corrected chi connectivity index (χ4v) is 0.837. The van der Waals surface area contributed by atoms with Crippen molar-refractivity contribution in [2.45, 2.75) is 20.8 Å². The van der Waals surface area contributed by atoms with Crippen LogP contribution in [0.4, 0.5) is 5.69 Å². The molecule has 0 saturated heterocycles. The lowest BCUT2D eigenvalue weighted by Crippen LogP contribution is -2.18. The smallest absolute Gasteiger partial charge is 0.0371 e. The van der Waals surface area contributed by atoms with Crippen molar-refractivity contribution in [1.29, 1.82) is 0 Å². The summed E-state index contributed by atoms with van der Waals surface area (Å²) in [5.41, 5.74) is 1.46. The summed E-state index contributed by atoms with van der Waals surface area (Å²) in [4.78, 5) is 3.95. The molecule has 1 rings (SSSR count). The Morgan fingerprint density at radius 3 is 2.33 bits per heavy atom. The molecule has 0 unspecified atom stereocenters. The third-order valence-electron chi connectivity index (χ3n) is 1.50. The number of aromatic nitrogens is 1. The number of nitrogens with one attached hydrogen (secondary N) is 1. The highest BCUT2D eigenvalue weighted by Gasteiger charge is 2.08. The summed E-state index contributed by atoms with van der Waals surface area (Å²) in [6.07, 6.45) is 3.59. The van der Waals surface area contributed by atoms with E-state index in [-0.39, 0.29) is 0 Å². The van der Waals surface area contributed by atoms with Gasteiger partial charge >= 0.3 is 0 Å². The zero-order valence-corrected chi connectivity index (χ0v) is 7.96. The number of hydrogen-bond donors (Lipinski definition) is 1. The molecule has 2 nitrogen and oxygen atoms in total. The summed E-state index contributed by atoms with van der Waals surface area (Å²) in [5, 5.41) is 3.34. The Bertz CT molecular complexity index is 223. The van der Waals surface area contributed by atoms with E-state index >= 15 is 0 Å². The SMILES string of the molecule is CC(C)(C)CNc1ccncc1. The highest BCUT2D eigenvalue weighted by atomic mass is 14.9. The van der Waals surface area contributed by atoms with Gasteiger partial charge in [-0.15, -0.1) is 0 Å². The third-order valence-corrected chi connectivity index (χ3v) is 1.50. The summed E-state index contributed by atoms with van der Waals surface area (Å²) in [6.45, 7) is 7.61. The van der Waals surface area contributed by atoms with Crippen LogP contribution in [0.2, 0.25) is 0 Å². The zero-order chi connectivity index (χ0) is 9.03. The largest absolute Gasteiger partial charge is 0.384 e. The van der Waals surface area contributed by atoms with Crippen LogP contribution >= 0.6 is 0 Å². The predicted octanol–water partition coefficient (Wildman–Crippen LogP) is 2.54. The first-order valence-corrected chi connectivity index (χ1v) is 4.22. The molecule has 0 aromatic carbocycles. The van der Waals surface area contributed by atoms with Crippen molar-refractivity contribution < 1.29 is 0 Å². The van der Waals surface area contributed by atoms with Gasteiger partial charge in [0.25, 0.3) is 0 Å². The van der Waals surface area contributed by atoms with Crippen LogP contribution in [-0.4, -0.2) is 11.5 Å². The van der Waals surface area contributed by atoms with Crippen LogP contribution in [0.3, 0.4) is 0 Å². The predicted molar refractivity (Wildman–Crippen MR) is 52.2 cm³/mol. The molecular formula is C10H16N2. The van der Waals surface area contributed by atoms with Crippen LogP contribution < -0.4 is 5.32 Å². The number of pyridine rings is 1. The Morgan fingerprint density at radius 2 is 1.83 bits per heavy atom. The van der Waals surface area contributed by atoms with Crippen molar-refractivity contribution in [3.63, 3.8) is 0 Å². The fourth-order valence-electron chi connectivity index (χ4n) is 0.837. The molecule has 0 spiro atoms. The fraction of sp³-hybridized carbons (Fsp3) is 0.500. The molecule has 12 heavy (non-hydrogen) atoms. The average Bonchev–Trinajstić information content (AvgIpc) is 2.02. The second kappa shape index (κ2) is 3.57. The van der Waals surface area contributed by atoms with E-state index in [1.807, 2.05) is 12.1 Å². The average molecular weight is 164 g/mol. The normalized spacial score (nSPS) is 11.2. The van der Waals surface area contributed by atoms with Crippen LogP contribution in [0.25, 0.3) is 0 Å². The number of rotatable bonds is 2. The molecule has 0 saturated carbocycles. The van der Waals surface area contributed by atoms with Crippen molar-refractivity contribution in [3.05, 3.63) is 24.5 Å². The molecule has 0 amide bonds. The van der Waals surface area contributed by atoms with Crippen molar-refractivity contribution >= 4 is 5.69 Å². The lowest BCUT2D eigenvalue weighted by molar-refractivity contribution is 0.443. The minimum Gasteiger partial charge on any atom is -0.384 e. The molecule has 0 aliphatic rings. The van der Waals surface area contributed by atoms with Gasteiger partial charge in [0, 0.05) is 24.6 Å². The van der Waals surface area contributed by atoms with E-state index in [1.54, 1.807) is 12.4 Å². The molecule has 1 aromatic heterocycles. The molecule has 1 heterocycles. The molecule has 1 aromatic rings. The van der Waals surface area contributed by atoms with Gasteiger partial charge in [0.2, 0.25) is 0 Å². The Morgan fingerprint density at radius 1 is 1.25 bits per heavy atom. The molecule has 66 valence electrons. The Hall–Kier alpha value is -1.05. The van der Waals surface area contributed by atoms with E-state index in [0.717, 1.165) is 12.2 Å². The maximum absolute atomic E-state index is 3.95. The van der Waals surface area contributed by atoms with Gasteiger partial charge in [-0.1, -0.05) is 20.8 Å². The monoisotopic (exact) mass is 164 g/mol. The van der Waals surface area contributed by atoms with E-state index in [0.29, 0.717) is 5.41 Å². The molecule has 0 aliphatic carbocycles. The van der Waals surface area contributed by atoms with Gasteiger partial charge in [0.1, 0.15) is 0 Å². The van der Waals surface area contributed by atoms with Crippen molar-refractivity contribution in [2.24, 2.45) is 5.41 Å². The summed E-state index contributed by atoms with van der Waals surface area (Å²) < 4.78 is 0. The molecule has 0 bridgehead atoms.